The van der Waals surface area contributed by atoms with Gasteiger partial charge in [-0.3, -0.25) is 14.5 Å². The molecule has 2 heterocycles. The second-order valence-corrected chi connectivity index (χ2v) is 5.38. The average molecular weight is 268 g/mol. The van der Waals surface area contributed by atoms with Gasteiger partial charge in [-0.1, -0.05) is 0 Å². The summed E-state index contributed by atoms with van der Waals surface area (Å²) in [4.78, 5) is 24.5. The minimum atomic E-state index is -0.827. The van der Waals surface area contributed by atoms with E-state index in [9.17, 15) is 9.59 Å². The molecule has 1 aliphatic heterocycles. The molecule has 0 unspecified atom stereocenters. The first kappa shape index (κ1) is 13.0. The Labute approximate surface area is 109 Å². The number of rotatable bonds is 4. The third kappa shape index (κ3) is 3.08. The molecular weight excluding hydrogens is 252 g/mol. The highest BCUT2D eigenvalue weighted by atomic mass is 32.1. The number of aliphatic carboxylic acids is 1. The average Bonchev–Trinajstić information content (AvgIpc) is 2.88. The van der Waals surface area contributed by atoms with Gasteiger partial charge in [0, 0.05) is 12.6 Å². The molecule has 0 spiro atoms. The van der Waals surface area contributed by atoms with Crippen LogP contribution in [0.3, 0.4) is 0 Å². The number of thiophene rings is 1. The Morgan fingerprint density at radius 2 is 2.39 bits per heavy atom. The van der Waals surface area contributed by atoms with E-state index in [2.05, 4.69) is 5.32 Å². The minimum Gasteiger partial charge on any atom is -0.480 e. The first-order chi connectivity index (χ1) is 8.56. The standard InChI is InChI=1S/C12H16N2O3S/c1-14-6-9(5-10(14)12(16)17)13-11(15)4-8-2-3-18-7-8/h2-3,7,9-10H,4-6H2,1H3,(H,13,15)(H,16,17)/t9-,10-/m0/s1. The van der Waals surface area contributed by atoms with E-state index in [-0.39, 0.29) is 11.9 Å². The van der Waals surface area contributed by atoms with E-state index in [1.807, 2.05) is 16.8 Å². The molecule has 1 amide bonds. The summed E-state index contributed by atoms with van der Waals surface area (Å²) in [5, 5.41) is 15.8. The number of carbonyl (C=O) groups excluding carboxylic acids is 1. The van der Waals surface area contributed by atoms with Crippen molar-refractivity contribution >= 4 is 23.2 Å². The van der Waals surface area contributed by atoms with Crippen LogP contribution < -0.4 is 5.32 Å². The molecule has 0 saturated carbocycles. The fraction of sp³-hybridized carbons (Fsp3) is 0.500. The zero-order valence-corrected chi connectivity index (χ0v) is 10.9. The Hall–Kier alpha value is -1.40. The van der Waals surface area contributed by atoms with Crippen molar-refractivity contribution < 1.29 is 14.7 Å². The first-order valence-electron chi connectivity index (χ1n) is 5.79. The van der Waals surface area contributed by atoms with Crippen molar-refractivity contribution in [3.05, 3.63) is 22.4 Å². The van der Waals surface area contributed by atoms with Crippen LogP contribution in [-0.4, -0.2) is 47.6 Å². The lowest BCUT2D eigenvalue weighted by atomic mass is 10.1. The maximum Gasteiger partial charge on any atom is 0.320 e. The number of hydrogen-bond acceptors (Lipinski definition) is 4. The Morgan fingerprint density at radius 3 is 2.94 bits per heavy atom. The quantitative estimate of drug-likeness (QED) is 0.837. The van der Waals surface area contributed by atoms with Crippen molar-refractivity contribution in [3.63, 3.8) is 0 Å². The highest BCUT2D eigenvalue weighted by Crippen LogP contribution is 2.16. The summed E-state index contributed by atoms with van der Waals surface area (Å²) in [6.07, 6.45) is 0.836. The van der Waals surface area contributed by atoms with Gasteiger partial charge >= 0.3 is 5.97 Å². The van der Waals surface area contributed by atoms with Gasteiger partial charge in [0.25, 0.3) is 0 Å². The second-order valence-electron chi connectivity index (χ2n) is 4.60. The van der Waals surface area contributed by atoms with Crippen LogP contribution in [0.25, 0.3) is 0 Å². The first-order valence-corrected chi connectivity index (χ1v) is 6.74. The van der Waals surface area contributed by atoms with Gasteiger partial charge in [-0.2, -0.15) is 11.3 Å². The van der Waals surface area contributed by atoms with Gasteiger partial charge in [0.1, 0.15) is 6.04 Å². The van der Waals surface area contributed by atoms with E-state index in [0.717, 1.165) is 5.56 Å². The molecule has 1 aromatic rings. The van der Waals surface area contributed by atoms with Gasteiger partial charge in [-0.05, 0) is 35.9 Å². The molecule has 0 radical (unpaired) electrons. The van der Waals surface area contributed by atoms with Crippen LogP contribution in [0, 0.1) is 0 Å². The molecule has 2 atom stereocenters. The lowest BCUT2D eigenvalue weighted by Crippen LogP contribution is -2.37. The van der Waals surface area contributed by atoms with Gasteiger partial charge in [-0.15, -0.1) is 0 Å². The number of likely N-dealkylation sites (tertiary alicyclic amines) is 1. The third-order valence-corrected chi connectivity index (χ3v) is 3.88. The summed E-state index contributed by atoms with van der Waals surface area (Å²) < 4.78 is 0. The van der Waals surface area contributed by atoms with E-state index in [4.69, 9.17) is 5.11 Å². The van der Waals surface area contributed by atoms with Crippen LogP contribution in [0.5, 0.6) is 0 Å². The van der Waals surface area contributed by atoms with Gasteiger partial charge in [-0.25, -0.2) is 0 Å². The Balaban J connectivity index is 1.84. The summed E-state index contributed by atoms with van der Waals surface area (Å²) in [6.45, 7) is 0.590. The van der Waals surface area contributed by atoms with E-state index >= 15 is 0 Å². The van der Waals surface area contributed by atoms with Crippen molar-refractivity contribution in [1.82, 2.24) is 10.2 Å². The Kier molecular flexibility index (Phi) is 3.98. The largest absolute Gasteiger partial charge is 0.480 e. The van der Waals surface area contributed by atoms with Crippen LogP contribution in [0.2, 0.25) is 0 Å². The van der Waals surface area contributed by atoms with Crippen molar-refractivity contribution in [2.24, 2.45) is 0 Å². The van der Waals surface area contributed by atoms with Crippen molar-refractivity contribution in [1.29, 1.82) is 0 Å². The predicted octanol–water partition coefficient (Wildman–Crippen LogP) is 0.564. The van der Waals surface area contributed by atoms with Gasteiger partial charge < -0.3 is 10.4 Å². The molecule has 0 aromatic carbocycles. The number of hydrogen-bond donors (Lipinski definition) is 2. The fourth-order valence-electron chi connectivity index (χ4n) is 2.25. The van der Waals surface area contributed by atoms with Crippen LogP contribution in [-0.2, 0) is 16.0 Å². The van der Waals surface area contributed by atoms with Crippen molar-refractivity contribution in [3.8, 4) is 0 Å². The molecule has 1 aliphatic rings. The summed E-state index contributed by atoms with van der Waals surface area (Å²) >= 11 is 1.56. The molecule has 0 aliphatic carbocycles. The number of likely N-dealkylation sites (N-methyl/N-ethyl adjacent to an activating group) is 1. The fourth-order valence-corrected chi connectivity index (χ4v) is 2.92. The maximum absolute atomic E-state index is 11.8. The molecule has 18 heavy (non-hydrogen) atoms. The zero-order valence-electron chi connectivity index (χ0n) is 10.1. The number of amides is 1. The molecule has 6 heteroatoms. The normalized spacial score (nSPS) is 24.1. The maximum atomic E-state index is 11.8. The SMILES string of the molecule is CN1C[C@@H](NC(=O)Cc2ccsc2)C[C@H]1C(=O)O. The lowest BCUT2D eigenvalue weighted by Gasteiger charge is -2.13. The number of carboxylic acid groups (broad SMARTS) is 1. The van der Waals surface area contributed by atoms with Gasteiger partial charge in [0.05, 0.1) is 6.42 Å². The number of nitrogens with zero attached hydrogens (tertiary/aromatic N) is 1. The molecule has 98 valence electrons. The summed E-state index contributed by atoms with van der Waals surface area (Å²) in [5.41, 5.74) is 0.999. The summed E-state index contributed by atoms with van der Waals surface area (Å²) in [6, 6.07) is 1.36. The predicted molar refractivity (Wildman–Crippen MR) is 68.6 cm³/mol. The molecule has 1 aromatic heterocycles. The van der Waals surface area contributed by atoms with Crippen molar-refractivity contribution in [2.45, 2.75) is 24.9 Å². The van der Waals surface area contributed by atoms with Crippen LogP contribution in [0.1, 0.15) is 12.0 Å². The summed E-state index contributed by atoms with van der Waals surface area (Å²) in [7, 11) is 1.77. The molecule has 1 fully saturated rings. The second kappa shape index (κ2) is 5.49. The summed E-state index contributed by atoms with van der Waals surface area (Å²) in [5.74, 6) is -0.870. The number of carbonyl (C=O) groups is 2. The zero-order chi connectivity index (χ0) is 13.1. The highest BCUT2D eigenvalue weighted by molar-refractivity contribution is 7.07. The topological polar surface area (TPSA) is 69.6 Å². The number of carboxylic acids is 1. The lowest BCUT2D eigenvalue weighted by molar-refractivity contribution is -0.141. The van der Waals surface area contributed by atoms with E-state index in [1.54, 1.807) is 23.3 Å². The Bertz CT molecular complexity index is 433. The molecular formula is C12H16N2O3S. The molecule has 2 rings (SSSR count). The van der Waals surface area contributed by atoms with E-state index < -0.39 is 12.0 Å². The molecule has 0 bridgehead atoms. The Morgan fingerprint density at radius 1 is 1.61 bits per heavy atom. The van der Waals surface area contributed by atoms with E-state index in [1.165, 1.54) is 0 Å². The highest BCUT2D eigenvalue weighted by Gasteiger charge is 2.34. The molecule has 5 nitrogen and oxygen atoms in total. The van der Waals surface area contributed by atoms with Crippen LogP contribution in [0.4, 0.5) is 0 Å². The third-order valence-electron chi connectivity index (χ3n) is 3.14. The van der Waals surface area contributed by atoms with Gasteiger partial charge in [0.2, 0.25) is 5.91 Å². The van der Waals surface area contributed by atoms with Crippen LogP contribution in [0.15, 0.2) is 16.8 Å². The van der Waals surface area contributed by atoms with Gasteiger partial charge in [0.15, 0.2) is 0 Å². The molecule has 1 saturated heterocycles. The minimum absolute atomic E-state index is 0.0437. The molecule has 2 N–H and O–H groups in total. The smallest absolute Gasteiger partial charge is 0.320 e. The number of nitrogens with one attached hydrogen (secondary N) is 1. The monoisotopic (exact) mass is 268 g/mol. The van der Waals surface area contributed by atoms with Crippen LogP contribution >= 0.6 is 11.3 Å². The van der Waals surface area contributed by atoms with Crippen molar-refractivity contribution in [2.75, 3.05) is 13.6 Å². The van der Waals surface area contributed by atoms with E-state index in [0.29, 0.717) is 19.4 Å².